The van der Waals surface area contributed by atoms with Crippen molar-refractivity contribution in [2.24, 2.45) is 0 Å². The first-order chi connectivity index (χ1) is 13.4. The summed E-state index contributed by atoms with van der Waals surface area (Å²) in [6.07, 6.45) is 5.78. The van der Waals surface area contributed by atoms with E-state index in [4.69, 9.17) is 0 Å². The number of nitrogens with zero attached hydrogens (tertiary/aromatic N) is 1. The number of carbonyl (C=O) groups is 2. The summed E-state index contributed by atoms with van der Waals surface area (Å²) in [7, 11) is 0. The van der Waals surface area contributed by atoms with Crippen LogP contribution < -0.4 is 10.6 Å². The predicted octanol–water partition coefficient (Wildman–Crippen LogP) is 2.64. The Kier molecular flexibility index (Phi) is 6.39. The monoisotopic (exact) mass is 385 g/mol. The van der Waals surface area contributed by atoms with Crippen molar-refractivity contribution in [3.05, 3.63) is 41.5 Å². The van der Waals surface area contributed by atoms with E-state index in [1.807, 2.05) is 13.8 Å². The number of benzene rings is 1. The number of nitrogens with one attached hydrogen (secondary N) is 2. The van der Waals surface area contributed by atoms with Crippen LogP contribution >= 0.6 is 0 Å². The van der Waals surface area contributed by atoms with Gasteiger partial charge in [0.1, 0.15) is 0 Å². The molecule has 6 heteroatoms. The van der Waals surface area contributed by atoms with Gasteiger partial charge in [0.15, 0.2) is 0 Å². The summed E-state index contributed by atoms with van der Waals surface area (Å²) < 4.78 is 0. The zero-order chi connectivity index (χ0) is 20.3. The van der Waals surface area contributed by atoms with E-state index in [-0.39, 0.29) is 42.6 Å². The van der Waals surface area contributed by atoms with Gasteiger partial charge in [0.05, 0.1) is 18.7 Å². The van der Waals surface area contributed by atoms with Gasteiger partial charge in [-0.05, 0) is 49.8 Å². The van der Waals surface area contributed by atoms with E-state index >= 15 is 0 Å². The Bertz CT molecular complexity index is 742. The lowest BCUT2D eigenvalue weighted by Gasteiger charge is -2.54. The average Bonchev–Trinajstić information content (AvgIpc) is 3.15. The van der Waals surface area contributed by atoms with Crippen LogP contribution in [0.25, 0.3) is 5.57 Å². The van der Waals surface area contributed by atoms with E-state index in [0.29, 0.717) is 6.54 Å². The number of carbonyl (C=O) groups excluding carboxylic acids is 2. The van der Waals surface area contributed by atoms with Crippen LogP contribution in [0, 0.1) is 0 Å². The van der Waals surface area contributed by atoms with Gasteiger partial charge in [-0.3, -0.25) is 4.79 Å². The second kappa shape index (κ2) is 8.78. The van der Waals surface area contributed by atoms with Crippen LogP contribution in [0.15, 0.2) is 30.3 Å². The number of allylic oxidation sites excluding steroid dienone is 2. The number of urea groups is 1. The van der Waals surface area contributed by atoms with Gasteiger partial charge in [-0.2, -0.15) is 0 Å². The second-order valence-electron chi connectivity index (χ2n) is 8.04. The van der Waals surface area contributed by atoms with Crippen LogP contribution in [0.2, 0.25) is 0 Å². The van der Waals surface area contributed by atoms with Gasteiger partial charge < -0.3 is 20.6 Å². The third-order valence-corrected chi connectivity index (χ3v) is 5.64. The highest BCUT2D eigenvalue weighted by Gasteiger charge is 2.51. The zero-order valence-corrected chi connectivity index (χ0v) is 16.9. The second-order valence-corrected chi connectivity index (χ2v) is 8.04. The summed E-state index contributed by atoms with van der Waals surface area (Å²) in [6, 6.07) is 7.78. The molecule has 1 fully saturated rings. The molecule has 0 bridgehead atoms. The van der Waals surface area contributed by atoms with E-state index in [1.54, 1.807) is 4.90 Å². The first-order valence-electron chi connectivity index (χ1n) is 10.2. The maximum atomic E-state index is 12.6. The topological polar surface area (TPSA) is 81.7 Å². The predicted molar refractivity (Wildman–Crippen MR) is 110 cm³/mol. The third kappa shape index (κ3) is 4.22. The Morgan fingerprint density at radius 1 is 1.21 bits per heavy atom. The molecule has 0 unspecified atom stereocenters. The molecule has 1 aromatic carbocycles. The van der Waals surface area contributed by atoms with Crippen molar-refractivity contribution >= 4 is 17.5 Å². The molecule has 1 saturated heterocycles. The van der Waals surface area contributed by atoms with Gasteiger partial charge in [0.2, 0.25) is 5.91 Å². The van der Waals surface area contributed by atoms with E-state index < -0.39 is 0 Å². The average molecular weight is 386 g/mol. The van der Waals surface area contributed by atoms with Crippen molar-refractivity contribution in [3.63, 3.8) is 0 Å². The molecule has 0 saturated carbocycles. The molecule has 2 aliphatic rings. The molecule has 0 aromatic heterocycles. The van der Waals surface area contributed by atoms with Crippen molar-refractivity contribution in [2.75, 3.05) is 13.2 Å². The van der Waals surface area contributed by atoms with Crippen LogP contribution in [0.3, 0.4) is 0 Å². The van der Waals surface area contributed by atoms with Crippen molar-refractivity contribution in [1.29, 1.82) is 0 Å². The first-order valence-corrected chi connectivity index (χ1v) is 10.2. The van der Waals surface area contributed by atoms with Crippen LogP contribution in [0.4, 0.5) is 4.79 Å². The van der Waals surface area contributed by atoms with Crippen LogP contribution in [-0.4, -0.2) is 53.2 Å². The molecule has 1 aliphatic carbocycles. The molecule has 1 heterocycles. The smallest absolute Gasteiger partial charge is 0.318 e. The van der Waals surface area contributed by atoms with E-state index in [1.165, 1.54) is 24.5 Å². The molecule has 3 N–H and O–H groups in total. The van der Waals surface area contributed by atoms with Gasteiger partial charge >= 0.3 is 6.03 Å². The minimum Gasteiger partial charge on any atom is -0.394 e. The maximum Gasteiger partial charge on any atom is 0.318 e. The first kappa shape index (κ1) is 20.4. The molecule has 28 heavy (non-hydrogen) atoms. The molecule has 1 aromatic rings. The third-order valence-electron chi connectivity index (χ3n) is 5.64. The maximum absolute atomic E-state index is 12.6. The van der Waals surface area contributed by atoms with Gasteiger partial charge in [-0.25, -0.2) is 4.79 Å². The lowest BCUT2D eigenvalue weighted by Crippen LogP contribution is -2.70. The van der Waals surface area contributed by atoms with Crippen molar-refractivity contribution < 1.29 is 14.7 Å². The highest BCUT2D eigenvalue weighted by atomic mass is 16.3. The van der Waals surface area contributed by atoms with Crippen molar-refractivity contribution in [2.45, 2.75) is 64.1 Å². The Morgan fingerprint density at radius 3 is 2.46 bits per heavy atom. The van der Waals surface area contributed by atoms with E-state index in [2.05, 4.69) is 41.0 Å². The minimum atomic E-state index is -0.297. The minimum absolute atomic E-state index is 0.00581. The van der Waals surface area contributed by atoms with Crippen LogP contribution in [0.5, 0.6) is 0 Å². The molecule has 6 nitrogen and oxygen atoms in total. The summed E-state index contributed by atoms with van der Waals surface area (Å²) in [6.45, 7) is 5.54. The molecule has 0 radical (unpaired) electrons. The number of hydrogen-bond donors (Lipinski definition) is 3. The number of likely N-dealkylation sites (tertiary alicyclic amines) is 1. The molecular formula is C22H31N3O3. The highest BCUT2D eigenvalue weighted by Crippen LogP contribution is 2.41. The van der Waals surface area contributed by atoms with Crippen LogP contribution in [-0.2, 0) is 4.79 Å². The lowest BCUT2D eigenvalue weighted by molar-refractivity contribution is -0.119. The summed E-state index contributed by atoms with van der Waals surface area (Å²) in [5.74, 6) is -0.139. The zero-order valence-electron chi connectivity index (χ0n) is 16.9. The van der Waals surface area contributed by atoms with E-state index in [0.717, 1.165) is 18.4 Å². The van der Waals surface area contributed by atoms with Crippen LogP contribution in [0.1, 0.15) is 57.1 Å². The molecule has 3 rings (SSSR count). The molecular weight excluding hydrogens is 354 g/mol. The Labute approximate surface area is 167 Å². The lowest BCUT2D eigenvalue weighted by atomic mass is 9.75. The van der Waals surface area contributed by atoms with Crippen molar-refractivity contribution in [3.8, 4) is 0 Å². The summed E-state index contributed by atoms with van der Waals surface area (Å²) in [5.41, 5.74) is 3.73. The fraction of sp³-hybridized carbons (Fsp3) is 0.545. The van der Waals surface area contributed by atoms with E-state index in [9.17, 15) is 14.7 Å². The molecule has 1 aliphatic heterocycles. The quantitative estimate of drug-likeness (QED) is 0.704. The highest BCUT2D eigenvalue weighted by molar-refractivity contribution is 5.78. The Hall–Kier alpha value is -2.34. The number of aliphatic hydroxyl groups excluding tert-OH is 1. The molecule has 3 atom stereocenters. The van der Waals surface area contributed by atoms with Gasteiger partial charge in [0.25, 0.3) is 0 Å². The normalized spacial score (nSPS) is 24.0. The van der Waals surface area contributed by atoms with Gasteiger partial charge in [-0.15, -0.1) is 0 Å². The largest absolute Gasteiger partial charge is 0.394 e. The Morgan fingerprint density at radius 2 is 1.93 bits per heavy atom. The Balaban J connectivity index is 1.81. The van der Waals surface area contributed by atoms with Crippen molar-refractivity contribution in [1.82, 2.24) is 15.5 Å². The van der Waals surface area contributed by atoms with Gasteiger partial charge in [-0.1, -0.05) is 30.3 Å². The standard InChI is InChI=1S/C22H31N3O3/c1-14(2)24-22(28)25-19(12-23-15(3)27)21(20(25)13-26)18-10-8-17(9-11-18)16-6-4-5-7-16/h6,8-11,14,19-21,26H,4-5,7,12-13H2,1-3H3,(H,23,27)(H,24,28)/t19-,20-,21-/m0/s1. The number of aliphatic hydroxyl groups is 1. The molecule has 0 spiro atoms. The summed E-state index contributed by atoms with van der Waals surface area (Å²) in [4.78, 5) is 25.8. The number of hydrogen-bond acceptors (Lipinski definition) is 3. The fourth-order valence-corrected chi connectivity index (χ4v) is 4.34. The summed E-state index contributed by atoms with van der Waals surface area (Å²) >= 11 is 0. The van der Waals surface area contributed by atoms with Gasteiger partial charge in [0, 0.05) is 25.4 Å². The molecule has 152 valence electrons. The number of amides is 3. The SMILES string of the molecule is CC(=O)NC[C@H]1[C@H](c2ccc(C3=CCCC3)cc2)[C@H](CO)N1C(=O)NC(C)C. The fourth-order valence-electron chi connectivity index (χ4n) is 4.34. The molecule has 3 amide bonds. The summed E-state index contributed by atoms with van der Waals surface area (Å²) in [5, 5.41) is 15.7. The number of rotatable bonds is 6.